The highest BCUT2D eigenvalue weighted by Gasteiger charge is 1.98. The molecule has 0 spiro atoms. The Labute approximate surface area is 90.7 Å². The summed E-state index contributed by atoms with van der Waals surface area (Å²) in [6, 6.07) is 9.67. The third kappa shape index (κ3) is 4.01. The van der Waals surface area contributed by atoms with Gasteiger partial charge in [-0.25, -0.2) is 0 Å². The number of rotatable bonds is 6. The molecule has 0 fully saturated rings. The molecule has 80 valence electrons. The first-order valence-electron chi connectivity index (χ1n) is 5.19. The number of hydrogen-bond acceptors (Lipinski definition) is 3. The van der Waals surface area contributed by atoms with E-state index < -0.39 is 0 Å². The molecule has 0 radical (unpaired) electrons. The molecule has 0 aromatic heterocycles. The van der Waals surface area contributed by atoms with Crippen molar-refractivity contribution in [2.75, 3.05) is 25.1 Å². The van der Waals surface area contributed by atoms with Crippen LogP contribution in [0.4, 0.5) is 5.69 Å². The largest absolute Gasteiger partial charge is 0.384 e. The number of nitrogens with one attached hydrogen (secondary N) is 1. The van der Waals surface area contributed by atoms with E-state index in [0.29, 0.717) is 5.56 Å². The minimum Gasteiger partial charge on any atom is -0.384 e. The van der Waals surface area contributed by atoms with E-state index in [1.54, 1.807) is 0 Å². The molecule has 0 amide bonds. The molecule has 0 aliphatic heterocycles. The van der Waals surface area contributed by atoms with E-state index in [1.807, 2.05) is 31.2 Å². The fraction of sp³-hybridized carbons (Fsp3) is 0.417. The van der Waals surface area contributed by atoms with Crippen molar-refractivity contribution in [3.8, 4) is 6.07 Å². The van der Waals surface area contributed by atoms with E-state index in [0.717, 1.165) is 31.9 Å². The highest BCUT2D eigenvalue weighted by Crippen LogP contribution is 2.12. The van der Waals surface area contributed by atoms with E-state index in [-0.39, 0.29) is 0 Å². The van der Waals surface area contributed by atoms with Crippen molar-refractivity contribution in [2.45, 2.75) is 13.3 Å². The van der Waals surface area contributed by atoms with Crippen LogP contribution in [0.3, 0.4) is 0 Å². The molecule has 0 unspecified atom stereocenters. The molecule has 15 heavy (non-hydrogen) atoms. The van der Waals surface area contributed by atoms with Crippen LogP contribution in [0.1, 0.15) is 18.9 Å². The second kappa shape index (κ2) is 6.86. The van der Waals surface area contributed by atoms with Crippen molar-refractivity contribution < 1.29 is 4.74 Å². The molecule has 0 saturated carbocycles. The summed E-state index contributed by atoms with van der Waals surface area (Å²) in [5, 5.41) is 12.1. The first-order valence-corrected chi connectivity index (χ1v) is 5.19. The van der Waals surface area contributed by atoms with Crippen molar-refractivity contribution in [1.82, 2.24) is 0 Å². The Hall–Kier alpha value is -1.53. The van der Waals surface area contributed by atoms with Gasteiger partial charge in [0.05, 0.1) is 11.3 Å². The lowest BCUT2D eigenvalue weighted by Crippen LogP contribution is -2.06. The predicted molar refractivity (Wildman–Crippen MR) is 60.8 cm³/mol. The maximum absolute atomic E-state index is 8.84. The number of nitriles is 1. The molecule has 1 rings (SSSR count). The van der Waals surface area contributed by atoms with Crippen LogP contribution in [-0.2, 0) is 4.74 Å². The molecule has 3 heteroatoms. The predicted octanol–water partition coefficient (Wildman–Crippen LogP) is 2.40. The minimum absolute atomic E-state index is 0.689. The van der Waals surface area contributed by atoms with Crippen LogP contribution in [0.25, 0.3) is 0 Å². The number of nitrogens with zero attached hydrogens (tertiary/aromatic N) is 1. The molecule has 0 saturated heterocycles. The lowest BCUT2D eigenvalue weighted by Gasteiger charge is -2.07. The number of ether oxygens (including phenoxy) is 1. The summed E-state index contributed by atoms with van der Waals surface area (Å²) >= 11 is 0. The van der Waals surface area contributed by atoms with E-state index in [2.05, 4.69) is 11.4 Å². The molecular weight excluding hydrogens is 188 g/mol. The minimum atomic E-state index is 0.689. The number of anilines is 1. The monoisotopic (exact) mass is 204 g/mol. The van der Waals surface area contributed by atoms with Crippen LogP contribution < -0.4 is 5.32 Å². The maximum Gasteiger partial charge on any atom is 0.101 e. The third-order valence-electron chi connectivity index (χ3n) is 2.03. The van der Waals surface area contributed by atoms with Gasteiger partial charge in [-0.2, -0.15) is 5.26 Å². The van der Waals surface area contributed by atoms with Gasteiger partial charge in [0.1, 0.15) is 6.07 Å². The Morgan fingerprint density at radius 2 is 2.20 bits per heavy atom. The Morgan fingerprint density at radius 3 is 2.93 bits per heavy atom. The fourth-order valence-corrected chi connectivity index (χ4v) is 1.28. The molecule has 0 heterocycles. The van der Waals surface area contributed by atoms with E-state index >= 15 is 0 Å². The zero-order chi connectivity index (χ0) is 10.9. The summed E-state index contributed by atoms with van der Waals surface area (Å²) < 4.78 is 5.22. The summed E-state index contributed by atoms with van der Waals surface area (Å²) in [6.45, 7) is 4.34. The lowest BCUT2D eigenvalue weighted by molar-refractivity contribution is 0.147. The van der Waals surface area contributed by atoms with Crippen LogP contribution in [0.2, 0.25) is 0 Å². The van der Waals surface area contributed by atoms with Gasteiger partial charge in [-0.05, 0) is 25.5 Å². The zero-order valence-corrected chi connectivity index (χ0v) is 8.99. The summed E-state index contributed by atoms with van der Waals surface area (Å²) in [5.41, 5.74) is 1.59. The second-order valence-electron chi connectivity index (χ2n) is 3.13. The molecule has 0 bridgehead atoms. The standard InChI is InChI=1S/C12H16N2O/c1-2-15-9-5-8-14-12-7-4-3-6-11(12)10-13/h3-4,6-7,14H,2,5,8-9H2,1H3. The van der Waals surface area contributed by atoms with Crippen LogP contribution >= 0.6 is 0 Å². The van der Waals surface area contributed by atoms with E-state index in [1.165, 1.54) is 0 Å². The zero-order valence-electron chi connectivity index (χ0n) is 8.99. The first kappa shape index (κ1) is 11.5. The molecule has 0 aliphatic carbocycles. The van der Waals surface area contributed by atoms with Gasteiger partial charge in [0.25, 0.3) is 0 Å². The average molecular weight is 204 g/mol. The highest BCUT2D eigenvalue weighted by atomic mass is 16.5. The van der Waals surface area contributed by atoms with Gasteiger partial charge in [-0.15, -0.1) is 0 Å². The average Bonchev–Trinajstić information content (AvgIpc) is 2.29. The fourth-order valence-electron chi connectivity index (χ4n) is 1.28. The lowest BCUT2D eigenvalue weighted by atomic mass is 10.2. The molecule has 1 aromatic carbocycles. The van der Waals surface area contributed by atoms with E-state index in [9.17, 15) is 0 Å². The summed E-state index contributed by atoms with van der Waals surface area (Å²) in [4.78, 5) is 0. The molecule has 3 nitrogen and oxygen atoms in total. The van der Waals surface area contributed by atoms with Crippen LogP contribution in [0.5, 0.6) is 0 Å². The topological polar surface area (TPSA) is 45.0 Å². The Balaban J connectivity index is 2.34. The number of benzene rings is 1. The number of para-hydroxylation sites is 1. The smallest absolute Gasteiger partial charge is 0.101 e. The van der Waals surface area contributed by atoms with E-state index in [4.69, 9.17) is 10.00 Å². The molecule has 0 aliphatic rings. The SMILES string of the molecule is CCOCCCNc1ccccc1C#N. The van der Waals surface area contributed by atoms with Crippen molar-refractivity contribution in [1.29, 1.82) is 5.26 Å². The second-order valence-corrected chi connectivity index (χ2v) is 3.13. The van der Waals surface area contributed by atoms with Gasteiger partial charge in [0.15, 0.2) is 0 Å². The van der Waals surface area contributed by atoms with Crippen LogP contribution in [0.15, 0.2) is 24.3 Å². The summed E-state index contributed by atoms with van der Waals surface area (Å²) in [7, 11) is 0. The van der Waals surface area contributed by atoms with Gasteiger partial charge >= 0.3 is 0 Å². The molecule has 1 aromatic rings. The Kier molecular flexibility index (Phi) is 5.28. The van der Waals surface area contributed by atoms with Crippen molar-refractivity contribution in [3.05, 3.63) is 29.8 Å². The molecule has 1 N–H and O–H groups in total. The van der Waals surface area contributed by atoms with Crippen molar-refractivity contribution in [2.24, 2.45) is 0 Å². The van der Waals surface area contributed by atoms with Gasteiger partial charge < -0.3 is 10.1 Å². The van der Waals surface area contributed by atoms with Crippen molar-refractivity contribution in [3.63, 3.8) is 0 Å². The van der Waals surface area contributed by atoms with Gasteiger partial charge in [-0.1, -0.05) is 12.1 Å². The third-order valence-corrected chi connectivity index (χ3v) is 2.03. The highest BCUT2D eigenvalue weighted by molar-refractivity contribution is 5.56. The van der Waals surface area contributed by atoms with Crippen molar-refractivity contribution >= 4 is 5.69 Å². The van der Waals surface area contributed by atoms with Gasteiger partial charge in [-0.3, -0.25) is 0 Å². The maximum atomic E-state index is 8.84. The molecule has 0 atom stereocenters. The first-order chi connectivity index (χ1) is 7.38. The van der Waals surface area contributed by atoms with Gasteiger partial charge in [0, 0.05) is 19.8 Å². The quantitative estimate of drug-likeness (QED) is 0.724. The number of hydrogen-bond donors (Lipinski definition) is 1. The van der Waals surface area contributed by atoms with Crippen LogP contribution in [0, 0.1) is 11.3 Å². The summed E-state index contributed by atoms with van der Waals surface area (Å²) in [6.07, 6.45) is 0.952. The summed E-state index contributed by atoms with van der Waals surface area (Å²) in [5.74, 6) is 0. The Morgan fingerprint density at radius 1 is 1.40 bits per heavy atom. The molecular formula is C12H16N2O. The van der Waals surface area contributed by atoms with Crippen LogP contribution in [-0.4, -0.2) is 19.8 Å². The Bertz CT molecular complexity index is 331. The van der Waals surface area contributed by atoms with Gasteiger partial charge in [0.2, 0.25) is 0 Å². The normalized spacial score (nSPS) is 9.60.